The van der Waals surface area contributed by atoms with Gasteiger partial charge in [0, 0.05) is 15.5 Å². The van der Waals surface area contributed by atoms with Crippen LogP contribution in [-0.4, -0.2) is 45.6 Å². The molecule has 1 heterocycles. The molecule has 2 spiro atoms. The van der Waals surface area contributed by atoms with Gasteiger partial charge in [-0.1, -0.05) is 34.2 Å². The number of hydrogen-bond acceptors (Lipinski definition) is 3. The van der Waals surface area contributed by atoms with Crippen molar-refractivity contribution in [1.29, 1.82) is 0 Å². The van der Waals surface area contributed by atoms with E-state index in [0.717, 1.165) is 47.3 Å². The van der Waals surface area contributed by atoms with E-state index in [2.05, 4.69) is 39.4 Å². The predicted molar refractivity (Wildman–Crippen MR) is 114 cm³/mol. The number of benzene rings is 1. The molecule has 2 aliphatic carbocycles. The third kappa shape index (κ3) is 2.93. The molecule has 1 N–H and O–H groups in total. The molecule has 1 unspecified atom stereocenters. The van der Waals surface area contributed by atoms with Crippen molar-refractivity contribution in [2.24, 2.45) is 10.4 Å². The number of nitrogens with zero attached hydrogens (tertiary/aromatic N) is 1. The van der Waals surface area contributed by atoms with Gasteiger partial charge in [0.25, 0.3) is 0 Å². The molecule has 0 aromatic heterocycles. The lowest BCUT2D eigenvalue weighted by molar-refractivity contribution is -0.0310. The minimum absolute atomic E-state index is 0.0356. The summed E-state index contributed by atoms with van der Waals surface area (Å²) in [5, 5.41) is 1.99. The first-order chi connectivity index (χ1) is 12.1. The Bertz CT molecular complexity index is 802. The number of ether oxygens (including phenoxy) is 1. The number of hydrogen-bond donors (Lipinski definition) is 1. The Morgan fingerprint density at radius 3 is 2.58 bits per heavy atom. The highest BCUT2D eigenvalue weighted by molar-refractivity contribution is 9.10. The second kappa shape index (κ2) is 6.21. The highest BCUT2D eigenvalue weighted by Crippen LogP contribution is 2.60. The Morgan fingerprint density at radius 2 is 2.00 bits per heavy atom. The lowest BCUT2D eigenvalue weighted by Gasteiger charge is -2.47. The van der Waals surface area contributed by atoms with Crippen molar-refractivity contribution in [2.45, 2.75) is 56.1 Å². The van der Waals surface area contributed by atoms with Crippen molar-refractivity contribution in [3.05, 3.63) is 33.8 Å². The maximum Gasteiger partial charge on any atom is 0.162 e. The van der Waals surface area contributed by atoms with Crippen LogP contribution in [0.2, 0.25) is 0 Å². The van der Waals surface area contributed by atoms with Crippen LogP contribution in [0.5, 0.6) is 0 Å². The number of aliphatic imine (C=N–C) groups is 1. The van der Waals surface area contributed by atoms with Gasteiger partial charge in [0.2, 0.25) is 0 Å². The smallest absolute Gasteiger partial charge is 0.162 e. The largest absolute Gasteiger partial charge is 0.400 e. The summed E-state index contributed by atoms with van der Waals surface area (Å²) in [4.78, 5) is 5.82. The summed E-state index contributed by atoms with van der Waals surface area (Å²) < 4.78 is 6.67. The van der Waals surface area contributed by atoms with E-state index in [1.54, 1.807) is 0 Å². The van der Waals surface area contributed by atoms with Crippen LogP contribution in [0.1, 0.15) is 43.7 Å². The Labute approximate surface area is 172 Å². The monoisotopic (exact) mass is 422 g/mol. The van der Waals surface area contributed by atoms with Crippen molar-refractivity contribution in [3.8, 4) is 0 Å². The zero-order valence-electron chi connectivity index (χ0n) is 14.7. The van der Waals surface area contributed by atoms with Crippen LogP contribution in [-0.2, 0) is 16.8 Å². The van der Waals surface area contributed by atoms with E-state index >= 15 is 0 Å². The van der Waals surface area contributed by atoms with Gasteiger partial charge in [0.15, 0.2) is 5.66 Å². The fraction of sp³-hybridized carbons (Fsp3) is 0.556. The molecule has 1 saturated carbocycles. The SMILES string of the molecule is [B]C([B])([B])OC1CCC2(CC1)Cc1ccc(Br)cc1C21N=C(C)C(=S)N1. The molecule has 128 valence electrons. The Morgan fingerprint density at radius 1 is 1.31 bits per heavy atom. The first-order valence-electron chi connectivity index (χ1n) is 8.86. The average molecular weight is 423 g/mol. The molecule has 6 radical (unpaired) electrons. The molecule has 26 heavy (non-hydrogen) atoms. The summed E-state index contributed by atoms with van der Waals surface area (Å²) >= 11 is 9.14. The summed E-state index contributed by atoms with van der Waals surface area (Å²) in [6, 6.07) is 6.46. The van der Waals surface area contributed by atoms with Crippen molar-refractivity contribution in [1.82, 2.24) is 5.32 Å². The van der Waals surface area contributed by atoms with Crippen LogP contribution >= 0.6 is 28.1 Å². The van der Waals surface area contributed by atoms with Gasteiger partial charge in [-0.25, -0.2) is 0 Å². The van der Waals surface area contributed by atoms with Gasteiger partial charge in [-0.05, 0) is 62.0 Å². The minimum Gasteiger partial charge on any atom is -0.400 e. The molecule has 1 aromatic rings. The summed E-state index contributed by atoms with van der Waals surface area (Å²) in [5.74, 6) is 0. The lowest BCUT2D eigenvalue weighted by Crippen LogP contribution is -2.53. The average Bonchev–Trinajstić information content (AvgIpc) is 2.98. The van der Waals surface area contributed by atoms with Crippen molar-refractivity contribution >= 4 is 62.4 Å². The highest BCUT2D eigenvalue weighted by atomic mass is 79.9. The standard InChI is InChI=1S/C18H18B3BrN2OS/c1-10-15(26)24-17(23-10)14-8-12(22)3-2-11(14)9-16(17)6-4-13(5-7-16)25-18(19,20)21/h2-3,8,13H,4-7,9H2,1H3,(H,24,26). The third-order valence-electron chi connectivity index (χ3n) is 5.98. The van der Waals surface area contributed by atoms with Gasteiger partial charge in [0.05, 0.1) is 35.4 Å². The molecular formula is C18H18B3BrN2OS. The third-order valence-corrected chi connectivity index (χ3v) is 6.87. The Balaban J connectivity index is 1.70. The fourth-order valence-corrected chi connectivity index (χ4v) is 5.42. The van der Waals surface area contributed by atoms with E-state index < -0.39 is 11.0 Å². The molecule has 0 bridgehead atoms. The Kier molecular flexibility index (Phi) is 4.48. The number of rotatable bonds is 2. The molecule has 0 amide bonds. The summed E-state index contributed by atoms with van der Waals surface area (Å²) in [7, 11) is 16.9. The van der Waals surface area contributed by atoms with Crippen molar-refractivity contribution < 1.29 is 4.74 Å². The highest BCUT2D eigenvalue weighted by Gasteiger charge is 2.61. The van der Waals surface area contributed by atoms with Crippen LogP contribution in [0.3, 0.4) is 0 Å². The topological polar surface area (TPSA) is 33.6 Å². The van der Waals surface area contributed by atoms with E-state index in [1.807, 2.05) is 6.92 Å². The summed E-state index contributed by atoms with van der Waals surface area (Å²) in [6.07, 6.45) is 4.49. The molecule has 0 saturated heterocycles. The molecule has 1 aromatic carbocycles. The molecule has 1 fully saturated rings. The lowest BCUT2D eigenvalue weighted by atomic mass is 9.52. The number of nitrogens with one attached hydrogen (secondary N) is 1. The van der Waals surface area contributed by atoms with E-state index in [1.165, 1.54) is 11.1 Å². The van der Waals surface area contributed by atoms with Crippen LogP contribution in [0.25, 0.3) is 0 Å². The van der Waals surface area contributed by atoms with E-state index in [9.17, 15) is 0 Å². The fourth-order valence-electron chi connectivity index (χ4n) is 4.87. The molecule has 8 heteroatoms. The first kappa shape index (κ1) is 18.8. The maximum absolute atomic E-state index is 5.63. The van der Waals surface area contributed by atoms with Gasteiger partial charge in [-0.2, -0.15) is 0 Å². The normalized spacial score (nSPS) is 33.4. The zero-order valence-corrected chi connectivity index (χ0v) is 17.1. The molecule has 3 aliphatic rings. The minimum atomic E-state index is -1.59. The van der Waals surface area contributed by atoms with Crippen molar-refractivity contribution in [3.63, 3.8) is 0 Å². The zero-order chi connectivity index (χ0) is 18.7. The molecular weight excluding hydrogens is 405 g/mol. The van der Waals surface area contributed by atoms with Crippen LogP contribution < -0.4 is 5.32 Å². The van der Waals surface area contributed by atoms with E-state index in [4.69, 9.17) is 45.5 Å². The van der Waals surface area contributed by atoms with Gasteiger partial charge in [-0.3, -0.25) is 4.99 Å². The second-order valence-electron chi connectivity index (χ2n) is 7.79. The quantitative estimate of drug-likeness (QED) is 0.587. The van der Waals surface area contributed by atoms with Crippen LogP contribution in [0, 0.1) is 5.41 Å². The van der Waals surface area contributed by atoms with Crippen LogP contribution in [0.15, 0.2) is 27.7 Å². The van der Waals surface area contributed by atoms with Crippen LogP contribution in [0.4, 0.5) is 0 Å². The summed E-state index contributed by atoms with van der Waals surface area (Å²) in [6.45, 7) is 1.98. The molecule has 3 nitrogen and oxygen atoms in total. The second-order valence-corrected chi connectivity index (χ2v) is 9.12. The van der Waals surface area contributed by atoms with Gasteiger partial charge in [0.1, 0.15) is 4.99 Å². The molecule has 1 atom stereocenters. The summed E-state index contributed by atoms with van der Waals surface area (Å²) in [5.41, 5.74) is 2.90. The van der Waals surface area contributed by atoms with Gasteiger partial charge >= 0.3 is 0 Å². The number of halogens is 1. The molecule has 1 aliphatic heterocycles. The van der Waals surface area contributed by atoms with E-state index in [0.29, 0.717) is 0 Å². The van der Waals surface area contributed by atoms with Gasteiger partial charge < -0.3 is 10.1 Å². The molecule has 4 rings (SSSR count). The van der Waals surface area contributed by atoms with E-state index in [-0.39, 0.29) is 11.5 Å². The van der Waals surface area contributed by atoms with Gasteiger partial charge in [-0.15, -0.1) is 0 Å². The maximum atomic E-state index is 5.63. The number of thiocarbonyl (C=S) groups is 1. The first-order valence-corrected chi connectivity index (χ1v) is 10.1. The Hall–Kier alpha value is -0.585. The number of fused-ring (bicyclic) bond motifs is 3. The predicted octanol–water partition coefficient (Wildman–Crippen LogP) is 2.61. The van der Waals surface area contributed by atoms with Crippen molar-refractivity contribution in [2.75, 3.05) is 0 Å².